The molecule has 0 fully saturated rings. The molecule has 0 aliphatic carbocycles. The Kier molecular flexibility index (Phi) is 3.70. The first kappa shape index (κ1) is 12.7. The average molecular weight is 265 g/mol. The number of ether oxygens (including phenoxy) is 1. The summed E-state index contributed by atoms with van der Waals surface area (Å²) in [6.45, 7) is 2.92. The van der Waals surface area contributed by atoms with Crippen LogP contribution in [0.1, 0.15) is 18.2 Å². The van der Waals surface area contributed by atoms with E-state index in [9.17, 15) is 0 Å². The van der Waals surface area contributed by atoms with Crippen LogP contribution in [0.2, 0.25) is 5.02 Å². The molecule has 0 amide bonds. The van der Waals surface area contributed by atoms with E-state index in [0.717, 1.165) is 5.56 Å². The van der Waals surface area contributed by atoms with Crippen LogP contribution in [-0.2, 0) is 6.42 Å². The first-order valence-electron chi connectivity index (χ1n) is 5.65. The number of aromatic nitrogens is 2. The van der Waals surface area contributed by atoms with E-state index in [1.165, 1.54) is 0 Å². The summed E-state index contributed by atoms with van der Waals surface area (Å²) in [5.41, 5.74) is 7.43. The highest BCUT2D eigenvalue weighted by Crippen LogP contribution is 2.35. The maximum atomic E-state index is 8.99. The molecule has 94 valence electrons. The van der Waals surface area contributed by atoms with Crippen LogP contribution < -0.4 is 10.5 Å². The molecule has 1 aromatic heterocycles. The molecule has 0 saturated heterocycles. The normalized spacial score (nSPS) is 10.6. The summed E-state index contributed by atoms with van der Waals surface area (Å²) < 4.78 is 5.62. The van der Waals surface area contributed by atoms with Gasteiger partial charge in [-0.2, -0.15) is 10.4 Å². The maximum absolute atomic E-state index is 8.99. The summed E-state index contributed by atoms with van der Waals surface area (Å²) in [6, 6.07) is 3.79. The third kappa shape index (κ3) is 2.01. The second kappa shape index (κ2) is 5.25. The van der Waals surface area contributed by atoms with Crippen molar-refractivity contribution in [2.24, 2.45) is 5.73 Å². The van der Waals surface area contributed by atoms with Crippen molar-refractivity contribution in [3.63, 3.8) is 0 Å². The molecule has 5 nitrogen and oxygen atoms in total. The van der Waals surface area contributed by atoms with Gasteiger partial charge in [0.25, 0.3) is 0 Å². The number of fused-ring (bicyclic) bond motifs is 1. The quantitative estimate of drug-likeness (QED) is 0.884. The van der Waals surface area contributed by atoms with Crippen molar-refractivity contribution in [3.05, 3.63) is 22.3 Å². The van der Waals surface area contributed by atoms with Gasteiger partial charge in [-0.3, -0.25) is 5.10 Å². The van der Waals surface area contributed by atoms with Crippen LogP contribution in [0.15, 0.2) is 6.07 Å². The zero-order chi connectivity index (χ0) is 13.1. The molecule has 0 aliphatic rings. The van der Waals surface area contributed by atoms with Crippen molar-refractivity contribution in [1.82, 2.24) is 10.2 Å². The van der Waals surface area contributed by atoms with Gasteiger partial charge in [-0.1, -0.05) is 11.6 Å². The number of nitriles is 1. The highest BCUT2D eigenvalue weighted by atomic mass is 35.5. The van der Waals surface area contributed by atoms with Crippen molar-refractivity contribution in [2.45, 2.75) is 13.3 Å². The standard InChI is InChI=1S/C12H13ClN4O/c1-2-18-12-7(3-4-14)5-8(13)10-9(6-15)16-17-11(10)12/h5H,2-4,14H2,1H3,(H,16,17). The van der Waals surface area contributed by atoms with Gasteiger partial charge < -0.3 is 10.5 Å². The molecule has 0 radical (unpaired) electrons. The maximum Gasteiger partial charge on any atom is 0.171 e. The smallest absolute Gasteiger partial charge is 0.171 e. The summed E-state index contributed by atoms with van der Waals surface area (Å²) in [7, 11) is 0. The molecular formula is C12H13ClN4O. The Morgan fingerprint density at radius 3 is 3.00 bits per heavy atom. The lowest BCUT2D eigenvalue weighted by Gasteiger charge is -2.11. The molecule has 0 unspecified atom stereocenters. The zero-order valence-corrected chi connectivity index (χ0v) is 10.7. The van der Waals surface area contributed by atoms with Crippen molar-refractivity contribution >= 4 is 22.5 Å². The lowest BCUT2D eigenvalue weighted by Crippen LogP contribution is -2.06. The van der Waals surface area contributed by atoms with Gasteiger partial charge in [0.15, 0.2) is 5.69 Å². The van der Waals surface area contributed by atoms with Crippen LogP contribution in [0, 0.1) is 11.3 Å². The monoisotopic (exact) mass is 264 g/mol. The number of aromatic amines is 1. The largest absolute Gasteiger partial charge is 0.491 e. The third-order valence-corrected chi connectivity index (χ3v) is 2.93. The fourth-order valence-corrected chi connectivity index (χ4v) is 2.24. The van der Waals surface area contributed by atoms with E-state index < -0.39 is 0 Å². The predicted molar refractivity (Wildman–Crippen MR) is 69.7 cm³/mol. The number of halogens is 1. The minimum Gasteiger partial charge on any atom is -0.491 e. The van der Waals surface area contributed by atoms with Gasteiger partial charge in [-0.05, 0) is 31.5 Å². The van der Waals surface area contributed by atoms with Gasteiger partial charge in [0.05, 0.1) is 17.0 Å². The molecular weight excluding hydrogens is 252 g/mol. The van der Waals surface area contributed by atoms with Gasteiger partial charge in [0.2, 0.25) is 0 Å². The predicted octanol–water partition coefficient (Wildman–Crippen LogP) is 1.99. The second-order valence-electron chi connectivity index (χ2n) is 3.75. The minimum atomic E-state index is 0.273. The van der Waals surface area contributed by atoms with Crippen LogP contribution in [0.25, 0.3) is 10.9 Å². The van der Waals surface area contributed by atoms with Gasteiger partial charge in [-0.15, -0.1) is 0 Å². The molecule has 2 aromatic rings. The van der Waals surface area contributed by atoms with Crippen LogP contribution in [0.4, 0.5) is 0 Å². The van der Waals surface area contributed by atoms with Gasteiger partial charge in [0.1, 0.15) is 17.3 Å². The first-order chi connectivity index (χ1) is 8.72. The van der Waals surface area contributed by atoms with E-state index in [2.05, 4.69) is 10.2 Å². The van der Waals surface area contributed by atoms with Crippen LogP contribution in [-0.4, -0.2) is 23.3 Å². The number of benzene rings is 1. The summed E-state index contributed by atoms with van der Waals surface area (Å²) in [4.78, 5) is 0. The highest BCUT2D eigenvalue weighted by molar-refractivity contribution is 6.36. The van der Waals surface area contributed by atoms with Crippen LogP contribution in [0.5, 0.6) is 5.75 Å². The van der Waals surface area contributed by atoms with Crippen molar-refractivity contribution < 1.29 is 4.74 Å². The Labute approximate surface area is 109 Å². The van der Waals surface area contributed by atoms with Gasteiger partial charge in [0, 0.05) is 0 Å². The van der Waals surface area contributed by atoms with E-state index in [4.69, 9.17) is 27.3 Å². The summed E-state index contributed by atoms with van der Waals surface area (Å²) in [5.74, 6) is 0.677. The molecule has 0 atom stereocenters. The Hall–Kier alpha value is -1.77. The molecule has 18 heavy (non-hydrogen) atoms. The molecule has 0 bridgehead atoms. The molecule has 0 spiro atoms. The fourth-order valence-electron chi connectivity index (χ4n) is 1.92. The molecule has 6 heteroatoms. The van der Waals surface area contributed by atoms with E-state index in [-0.39, 0.29) is 5.69 Å². The molecule has 1 aromatic carbocycles. The Bertz CT molecular complexity index is 615. The van der Waals surface area contributed by atoms with E-state index in [0.29, 0.717) is 41.2 Å². The lowest BCUT2D eigenvalue weighted by atomic mass is 10.1. The summed E-state index contributed by atoms with van der Waals surface area (Å²) in [5, 5.41) is 16.8. The van der Waals surface area contributed by atoms with Crippen LogP contribution >= 0.6 is 11.6 Å². The fraction of sp³-hybridized carbons (Fsp3) is 0.333. The zero-order valence-electron chi connectivity index (χ0n) is 9.96. The second-order valence-corrected chi connectivity index (χ2v) is 4.16. The van der Waals surface area contributed by atoms with Crippen molar-refractivity contribution in [3.8, 4) is 11.8 Å². The highest BCUT2D eigenvalue weighted by Gasteiger charge is 2.17. The van der Waals surface area contributed by atoms with Crippen LogP contribution in [0.3, 0.4) is 0 Å². The number of hydrogen-bond donors (Lipinski definition) is 2. The van der Waals surface area contributed by atoms with Gasteiger partial charge >= 0.3 is 0 Å². The van der Waals surface area contributed by atoms with E-state index in [1.54, 1.807) is 6.07 Å². The van der Waals surface area contributed by atoms with Crippen molar-refractivity contribution in [1.29, 1.82) is 5.26 Å². The number of nitrogens with zero attached hydrogens (tertiary/aromatic N) is 2. The molecule has 0 saturated carbocycles. The molecule has 0 aliphatic heterocycles. The average Bonchev–Trinajstić information content (AvgIpc) is 2.78. The number of rotatable bonds is 4. The Morgan fingerprint density at radius 1 is 1.61 bits per heavy atom. The van der Waals surface area contributed by atoms with Gasteiger partial charge in [-0.25, -0.2) is 0 Å². The Balaban J connectivity index is 2.73. The molecule has 3 N–H and O–H groups in total. The lowest BCUT2D eigenvalue weighted by molar-refractivity contribution is 0.340. The summed E-state index contributed by atoms with van der Waals surface area (Å²) >= 11 is 6.19. The molecule has 2 rings (SSSR count). The number of hydrogen-bond acceptors (Lipinski definition) is 4. The first-order valence-corrected chi connectivity index (χ1v) is 6.03. The minimum absolute atomic E-state index is 0.273. The van der Waals surface area contributed by atoms with E-state index in [1.807, 2.05) is 13.0 Å². The molecule has 1 heterocycles. The third-order valence-electron chi connectivity index (χ3n) is 2.63. The number of nitrogens with one attached hydrogen (secondary N) is 1. The number of H-pyrrole nitrogens is 1. The Morgan fingerprint density at radius 2 is 2.39 bits per heavy atom. The van der Waals surface area contributed by atoms with Crippen molar-refractivity contribution in [2.75, 3.05) is 13.2 Å². The van der Waals surface area contributed by atoms with E-state index >= 15 is 0 Å². The SMILES string of the molecule is CCOc1c(CCN)cc(Cl)c2c(C#N)n[nH]c12. The summed E-state index contributed by atoms with van der Waals surface area (Å²) in [6.07, 6.45) is 0.659. The number of nitrogens with two attached hydrogens (primary N) is 1. The topological polar surface area (TPSA) is 87.7 Å².